The highest BCUT2D eigenvalue weighted by molar-refractivity contribution is 5.92. The fourth-order valence-corrected chi connectivity index (χ4v) is 1.38. The number of nitrogens with zero attached hydrogens (tertiary/aromatic N) is 2. The highest BCUT2D eigenvalue weighted by atomic mass is 16.5. The molecule has 1 aromatic heterocycles. The van der Waals surface area contributed by atoms with E-state index in [1.165, 1.54) is 46.8 Å². The van der Waals surface area contributed by atoms with Crippen LogP contribution in [-0.4, -0.2) is 33.9 Å². The summed E-state index contributed by atoms with van der Waals surface area (Å²) in [7, 11) is 0. The van der Waals surface area contributed by atoms with Crippen LogP contribution in [-0.2, 0) is 11.3 Å². The van der Waals surface area contributed by atoms with E-state index in [4.69, 9.17) is 9.94 Å². The number of carbonyl (C=O) groups excluding carboxylic acids is 1. The third-order valence-corrected chi connectivity index (χ3v) is 2.39. The minimum Gasteiger partial charge on any atom is -0.380 e. The first-order valence-corrected chi connectivity index (χ1v) is 6.10. The highest BCUT2D eigenvalue weighted by Gasteiger charge is 1.99. The van der Waals surface area contributed by atoms with E-state index < -0.39 is 5.91 Å². The molecule has 0 spiro atoms. The normalized spacial score (nSPS) is 9.70. The minimum absolute atomic E-state index is 0.177. The Balaban J connectivity index is 3.10. The van der Waals surface area contributed by atoms with Crippen LogP contribution in [0.25, 0.3) is 0 Å². The number of carbonyl (C=O) groups is 1. The molecule has 0 saturated carbocycles. The summed E-state index contributed by atoms with van der Waals surface area (Å²) in [5.74, 6) is -0.678. The summed E-state index contributed by atoms with van der Waals surface area (Å²) in [4.78, 5) is 27.1. The summed E-state index contributed by atoms with van der Waals surface area (Å²) in [6, 6.07) is 5.57. The van der Waals surface area contributed by atoms with Crippen molar-refractivity contribution in [2.45, 2.75) is 13.5 Å². The standard InChI is InChI=1S/C13H17N3O4/c1-2-20-9-8-16-10-14-7-6-11(13(18)15-19)4-3-5-12(16)17/h3-7,10,19H,2,8-9H2,1H3,(H,15,18). The average Bonchev–Trinajstić information content (AvgIpc) is 2.46. The summed E-state index contributed by atoms with van der Waals surface area (Å²) in [6.45, 7) is 3.26. The van der Waals surface area contributed by atoms with Gasteiger partial charge < -0.3 is 4.74 Å². The lowest BCUT2D eigenvalue weighted by Gasteiger charge is -2.02. The van der Waals surface area contributed by atoms with Crippen molar-refractivity contribution < 1.29 is 14.7 Å². The van der Waals surface area contributed by atoms with Crippen LogP contribution in [0.1, 0.15) is 17.3 Å². The van der Waals surface area contributed by atoms with Crippen LogP contribution < -0.4 is 11.0 Å². The maximum absolute atomic E-state index is 11.9. The van der Waals surface area contributed by atoms with Crippen molar-refractivity contribution in [2.24, 2.45) is 0 Å². The van der Waals surface area contributed by atoms with Gasteiger partial charge in [-0.15, -0.1) is 0 Å². The van der Waals surface area contributed by atoms with Crippen LogP contribution in [0.4, 0.5) is 0 Å². The molecular formula is C13H17N3O4. The summed E-state index contributed by atoms with van der Waals surface area (Å²) in [5.41, 5.74) is 1.42. The van der Waals surface area contributed by atoms with E-state index in [2.05, 4.69) is 4.98 Å². The van der Waals surface area contributed by atoms with Crippen LogP contribution in [0.15, 0.2) is 41.6 Å². The molecule has 1 heterocycles. The van der Waals surface area contributed by atoms with Gasteiger partial charge in [0, 0.05) is 24.4 Å². The molecule has 2 N–H and O–H groups in total. The molecule has 0 bridgehead atoms. The largest absolute Gasteiger partial charge is 0.380 e. The van der Waals surface area contributed by atoms with Gasteiger partial charge in [-0.05, 0) is 19.1 Å². The summed E-state index contributed by atoms with van der Waals surface area (Å²) in [6.07, 6.45) is 2.73. The maximum atomic E-state index is 11.9. The quantitative estimate of drug-likeness (QED) is 0.465. The number of amides is 1. The minimum atomic E-state index is -0.678. The molecule has 0 aliphatic heterocycles. The second kappa shape index (κ2) is 8.78. The second-order valence-electron chi connectivity index (χ2n) is 3.73. The second-order valence-corrected chi connectivity index (χ2v) is 3.73. The zero-order valence-corrected chi connectivity index (χ0v) is 11.2. The molecule has 0 aliphatic rings. The van der Waals surface area contributed by atoms with Crippen LogP contribution in [0.2, 0.25) is 0 Å². The molecule has 108 valence electrons. The third-order valence-electron chi connectivity index (χ3n) is 2.39. The molecule has 0 atom stereocenters. The predicted molar refractivity (Wildman–Crippen MR) is 71.9 cm³/mol. The lowest BCUT2D eigenvalue weighted by molar-refractivity contribution is 0.0706. The molecule has 0 aliphatic carbocycles. The van der Waals surface area contributed by atoms with E-state index in [1.54, 1.807) is 0 Å². The fraction of sp³-hybridized carbons (Fsp3) is 0.308. The Morgan fingerprint density at radius 1 is 1.45 bits per heavy atom. The van der Waals surface area contributed by atoms with Gasteiger partial charge in [-0.1, -0.05) is 6.07 Å². The number of hydrogen-bond acceptors (Lipinski definition) is 5. The first-order valence-electron chi connectivity index (χ1n) is 6.10. The summed E-state index contributed by atoms with van der Waals surface area (Å²) >= 11 is 0. The lowest BCUT2D eigenvalue weighted by Crippen LogP contribution is -2.20. The van der Waals surface area contributed by atoms with E-state index in [9.17, 15) is 9.59 Å². The molecule has 7 nitrogen and oxygen atoms in total. The van der Waals surface area contributed by atoms with Gasteiger partial charge >= 0.3 is 0 Å². The maximum Gasteiger partial charge on any atom is 0.274 e. The van der Waals surface area contributed by atoms with E-state index in [-0.39, 0.29) is 11.1 Å². The van der Waals surface area contributed by atoms with E-state index in [0.717, 1.165) is 0 Å². The molecule has 0 aromatic carbocycles. The van der Waals surface area contributed by atoms with Gasteiger partial charge in [0.1, 0.15) is 0 Å². The van der Waals surface area contributed by atoms with Crippen molar-refractivity contribution in [2.75, 3.05) is 13.2 Å². The predicted octanol–water partition coefficient (Wildman–Crippen LogP) is 0.523. The van der Waals surface area contributed by atoms with Gasteiger partial charge in [0.15, 0.2) is 0 Å². The number of nitrogens with one attached hydrogen (secondary N) is 1. The van der Waals surface area contributed by atoms with Gasteiger partial charge in [-0.25, -0.2) is 10.5 Å². The van der Waals surface area contributed by atoms with Crippen molar-refractivity contribution in [3.8, 4) is 0 Å². The van der Waals surface area contributed by atoms with Crippen LogP contribution in [0.3, 0.4) is 0 Å². The number of hydroxylamine groups is 1. The Morgan fingerprint density at radius 2 is 2.25 bits per heavy atom. The zero-order chi connectivity index (χ0) is 14.8. The smallest absolute Gasteiger partial charge is 0.274 e. The van der Waals surface area contributed by atoms with Gasteiger partial charge in [0.25, 0.3) is 11.5 Å². The molecule has 20 heavy (non-hydrogen) atoms. The first kappa shape index (κ1) is 15.8. The van der Waals surface area contributed by atoms with E-state index in [1.807, 2.05) is 6.92 Å². The lowest BCUT2D eigenvalue weighted by atomic mass is 10.2. The molecule has 0 saturated heterocycles. The van der Waals surface area contributed by atoms with Crippen LogP contribution in [0, 0.1) is 0 Å². The van der Waals surface area contributed by atoms with Crippen molar-refractivity contribution in [1.82, 2.24) is 15.0 Å². The van der Waals surface area contributed by atoms with Gasteiger partial charge in [-0.3, -0.25) is 19.4 Å². The van der Waals surface area contributed by atoms with Crippen molar-refractivity contribution in [3.63, 3.8) is 0 Å². The zero-order valence-electron chi connectivity index (χ0n) is 11.2. The molecular weight excluding hydrogens is 262 g/mol. The number of aromatic nitrogens is 2. The topological polar surface area (TPSA) is 93.5 Å². The molecule has 1 aromatic rings. The number of rotatable bonds is 5. The SMILES string of the molecule is CCOCCn1cnccc(C(=O)NO)cccc1=O. The Labute approximate surface area is 116 Å². The van der Waals surface area contributed by atoms with Crippen molar-refractivity contribution in [1.29, 1.82) is 0 Å². The van der Waals surface area contributed by atoms with Gasteiger partial charge in [0.2, 0.25) is 0 Å². The van der Waals surface area contributed by atoms with Crippen LogP contribution in [0.5, 0.6) is 0 Å². The molecule has 0 fully saturated rings. The summed E-state index contributed by atoms with van der Waals surface area (Å²) < 4.78 is 6.59. The first-order chi connectivity index (χ1) is 9.69. The van der Waals surface area contributed by atoms with E-state index >= 15 is 0 Å². The highest BCUT2D eigenvalue weighted by Crippen LogP contribution is 1.92. The van der Waals surface area contributed by atoms with Gasteiger partial charge in [-0.2, -0.15) is 0 Å². The monoisotopic (exact) mass is 279 g/mol. The van der Waals surface area contributed by atoms with E-state index in [0.29, 0.717) is 19.8 Å². The average molecular weight is 279 g/mol. The number of hydrogen-bond donors (Lipinski definition) is 2. The molecule has 0 unspecified atom stereocenters. The Hall–Kier alpha value is -2.25. The Morgan fingerprint density at radius 3 is 2.95 bits per heavy atom. The molecule has 1 amide bonds. The summed E-state index contributed by atoms with van der Waals surface area (Å²) in [5, 5.41) is 8.56. The Kier molecular flexibility index (Phi) is 6.94. The molecule has 0 radical (unpaired) electrons. The van der Waals surface area contributed by atoms with Crippen molar-refractivity contribution >= 4 is 5.91 Å². The fourth-order valence-electron chi connectivity index (χ4n) is 1.38. The van der Waals surface area contributed by atoms with Crippen LogP contribution >= 0.6 is 0 Å². The third kappa shape index (κ3) is 5.17. The number of ether oxygens (including phenoxy) is 1. The van der Waals surface area contributed by atoms with Gasteiger partial charge in [0.05, 0.1) is 19.5 Å². The molecule has 1 rings (SSSR count). The molecule has 7 heteroatoms. The van der Waals surface area contributed by atoms with Crippen molar-refractivity contribution in [3.05, 3.63) is 52.7 Å². The Bertz CT molecular complexity index is 555.